The summed E-state index contributed by atoms with van der Waals surface area (Å²) in [6, 6.07) is 12.0. The first kappa shape index (κ1) is 17.4. The first-order valence-electron chi connectivity index (χ1n) is 8.38. The molecule has 7 heteroatoms. The van der Waals surface area contributed by atoms with E-state index in [1.54, 1.807) is 36.5 Å². The molecule has 2 amide bonds. The number of nitrogens with one attached hydrogen (secondary N) is 1. The van der Waals surface area contributed by atoms with Crippen LogP contribution in [0.2, 0.25) is 0 Å². The quantitative estimate of drug-likeness (QED) is 0.875. The normalized spacial score (nSPS) is 16.6. The standard InChI is InChI=1S/C19H19N5O2/c20-10-13-3-5-14(6-4-13)19(26)23-16-7-8-17(22-11-16)24-9-1-2-15(12-24)18(21)25/h3-8,11,15H,1-2,9,12H2,(H2,21,25)(H,23,26). The first-order chi connectivity index (χ1) is 12.6. The van der Waals surface area contributed by atoms with Crippen molar-refractivity contribution in [2.75, 3.05) is 23.3 Å². The number of amides is 2. The van der Waals surface area contributed by atoms with E-state index in [1.165, 1.54) is 0 Å². The van der Waals surface area contributed by atoms with Crippen LogP contribution in [0.1, 0.15) is 28.8 Å². The molecule has 1 unspecified atom stereocenters. The van der Waals surface area contributed by atoms with Crippen LogP contribution in [0.25, 0.3) is 0 Å². The van der Waals surface area contributed by atoms with Gasteiger partial charge in [0.1, 0.15) is 5.82 Å². The van der Waals surface area contributed by atoms with Gasteiger partial charge in [-0.05, 0) is 49.2 Å². The van der Waals surface area contributed by atoms with Gasteiger partial charge in [0, 0.05) is 18.7 Å². The second kappa shape index (κ2) is 7.66. The monoisotopic (exact) mass is 349 g/mol. The van der Waals surface area contributed by atoms with Crippen LogP contribution in [-0.4, -0.2) is 29.9 Å². The van der Waals surface area contributed by atoms with E-state index in [0.29, 0.717) is 23.4 Å². The largest absolute Gasteiger partial charge is 0.369 e. The highest BCUT2D eigenvalue weighted by molar-refractivity contribution is 6.04. The maximum Gasteiger partial charge on any atom is 0.255 e. The Labute approximate surface area is 151 Å². The minimum atomic E-state index is -0.277. The fourth-order valence-corrected chi connectivity index (χ4v) is 2.96. The minimum absolute atomic E-state index is 0.152. The molecule has 3 rings (SSSR count). The van der Waals surface area contributed by atoms with Crippen molar-refractivity contribution >= 4 is 23.3 Å². The summed E-state index contributed by atoms with van der Waals surface area (Å²) in [6.07, 6.45) is 3.29. The zero-order chi connectivity index (χ0) is 18.5. The predicted octanol–water partition coefficient (Wildman–Crippen LogP) is 1.91. The first-order valence-corrected chi connectivity index (χ1v) is 8.38. The van der Waals surface area contributed by atoms with E-state index in [1.807, 2.05) is 17.0 Å². The van der Waals surface area contributed by atoms with Gasteiger partial charge in [-0.15, -0.1) is 0 Å². The molecule has 0 spiro atoms. The van der Waals surface area contributed by atoms with Crippen LogP contribution in [0.4, 0.5) is 11.5 Å². The van der Waals surface area contributed by atoms with Crippen molar-refractivity contribution < 1.29 is 9.59 Å². The molecule has 1 aromatic heterocycles. The smallest absolute Gasteiger partial charge is 0.255 e. The van der Waals surface area contributed by atoms with Crippen LogP contribution in [0.5, 0.6) is 0 Å². The lowest BCUT2D eigenvalue weighted by Gasteiger charge is -2.32. The van der Waals surface area contributed by atoms with E-state index < -0.39 is 0 Å². The molecule has 3 N–H and O–H groups in total. The van der Waals surface area contributed by atoms with Crippen LogP contribution in [-0.2, 0) is 4.79 Å². The van der Waals surface area contributed by atoms with Gasteiger partial charge < -0.3 is 16.0 Å². The van der Waals surface area contributed by atoms with Gasteiger partial charge in [0.25, 0.3) is 5.91 Å². The fraction of sp³-hybridized carbons (Fsp3) is 0.263. The number of nitrogens with two attached hydrogens (primary N) is 1. The Bertz CT molecular complexity index is 840. The molecular weight excluding hydrogens is 330 g/mol. The number of nitrogens with zero attached hydrogens (tertiary/aromatic N) is 3. The molecule has 0 radical (unpaired) electrons. The number of pyridine rings is 1. The molecule has 1 fully saturated rings. The van der Waals surface area contributed by atoms with Gasteiger partial charge in [0.2, 0.25) is 5.91 Å². The van der Waals surface area contributed by atoms with Crippen molar-refractivity contribution in [3.8, 4) is 6.07 Å². The highest BCUT2D eigenvalue weighted by atomic mass is 16.2. The van der Waals surface area contributed by atoms with Crippen molar-refractivity contribution in [3.63, 3.8) is 0 Å². The highest BCUT2D eigenvalue weighted by Gasteiger charge is 2.24. The van der Waals surface area contributed by atoms with E-state index in [-0.39, 0.29) is 17.7 Å². The number of primary amides is 1. The van der Waals surface area contributed by atoms with Gasteiger partial charge in [-0.1, -0.05) is 0 Å². The van der Waals surface area contributed by atoms with Crippen LogP contribution in [0.3, 0.4) is 0 Å². The average Bonchev–Trinajstić information content (AvgIpc) is 2.68. The van der Waals surface area contributed by atoms with Crippen molar-refractivity contribution in [2.24, 2.45) is 11.7 Å². The Morgan fingerprint density at radius 1 is 1.23 bits per heavy atom. The topological polar surface area (TPSA) is 112 Å². The number of carbonyl (C=O) groups is 2. The Morgan fingerprint density at radius 3 is 2.62 bits per heavy atom. The number of anilines is 2. The van der Waals surface area contributed by atoms with E-state index in [2.05, 4.69) is 10.3 Å². The van der Waals surface area contributed by atoms with Crippen molar-refractivity contribution in [1.82, 2.24) is 4.98 Å². The van der Waals surface area contributed by atoms with Crippen LogP contribution in [0.15, 0.2) is 42.6 Å². The maximum atomic E-state index is 12.2. The molecule has 26 heavy (non-hydrogen) atoms. The van der Waals surface area contributed by atoms with E-state index >= 15 is 0 Å². The van der Waals surface area contributed by atoms with Crippen LogP contribution in [0, 0.1) is 17.2 Å². The molecule has 7 nitrogen and oxygen atoms in total. The number of nitriles is 1. The van der Waals surface area contributed by atoms with Gasteiger partial charge in [0.05, 0.1) is 29.4 Å². The Kier molecular flexibility index (Phi) is 5.13. The summed E-state index contributed by atoms with van der Waals surface area (Å²) < 4.78 is 0. The third kappa shape index (κ3) is 3.98. The molecule has 0 aliphatic carbocycles. The number of piperidine rings is 1. The highest BCUT2D eigenvalue weighted by Crippen LogP contribution is 2.22. The van der Waals surface area contributed by atoms with Crippen molar-refractivity contribution in [2.45, 2.75) is 12.8 Å². The number of rotatable bonds is 4. The molecule has 1 saturated heterocycles. The average molecular weight is 349 g/mol. The molecule has 132 valence electrons. The second-order valence-electron chi connectivity index (χ2n) is 6.24. The van der Waals surface area contributed by atoms with Gasteiger partial charge in [-0.2, -0.15) is 5.26 Å². The summed E-state index contributed by atoms with van der Waals surface area (Å²) in [6.45, 7) is 1.40. The Hall–Kier alpha value is -3.40. The summed E-state index contributed by atoms with van der Waals surface area (Å²) in [5, 5.41) is 11.6. The van der Waals surface area contributed by atoms with Crippen LogP contribution >= 0.6 is 0 Å². The lowest BCUT2D eigenvalue weighted by molar-refractivity contribution is -0.122. The lowest BCUT2D eigenvalue weighted by atomic mass is 9.97. The maximum absolute atomic E-state index is 12.2. The summed E-state index contributed by atoms with van der Waals surface area (Å²) in [4.78, 5) is 30.0. The molecule has 0 bridgehead atoms. The number of benzene rings is 1. The lowest BCUT2D eigenvalue weighted by Crippen LogP contribution is -2.41. The predicted molar refractivity (Wildman–Crippen MR) is 97.5 cm³/mol. The fourth-order valence-electron chi connectivity index (χ4n) is 2.96. The summed E-state index contributed by atoms with van der Waals surface area (Å²) in [5.74, 6) is 0.0606. The molecule has 2 heterocycles. The Balaban J connectivity index is 1.64. The van der Waals surface area contributed by atoms with Gasteiger partial charge in [0.15, 0.2) is 0 Å². The number of hydrogen-bond donors (Lipinski definition) is 2. The van der Waals surface area contributed by atoms with Crippen molar-refractivity contribution in [1.29, 1.82) is 5.26 Å². The summed E-state index contributed by atoms with van der Waals surface area (Å²) >= 11 is 0. The molecule has 1 atom stereocenters. The summed E-state index contributed by atoms with van der Waals surface area (Å²) in [5.41, 5.74) is 6.95. The van der Waals surface area contributed by atoms with E-state index in [9.17, 15) is 9.59 Å². The third-order valence-electron chi connectivity index (χ3n) is 4.43. The zero-order valence-electron chi connectivity index (χ0n) is 14.2. The van der Waals surface area contributed by atoms with Gasteiger partial charge in [-0.3, -0.25) is 9.59 Å². The third-order valence-corrected chi connectivity index (χ3v) is 4.43. The molecule has 1 aromatic carbocycles. The number of hydrogen-bond acceptors (Lipinski definition) is 5. The molecular formula is C19H19N5O2. The SMILES string of the molecule is N#Cc1ccc(C(=O)Nc2ccc(N3CCCC(C(N)=O)C3)nc2)cc1. The number of carbonyl (C=O) groups excluding carboxylic acids is 2. The Morgan fingerprint density at radius 2 is 2.00 bits per heavy atom. The van der Waals surface area contributed by atoms with Gasteiger partial charge in [-0.25, -0.2) is 4.98 Å². The summed E-state index contributed by atoms with van der Waals surface area (Å²) in [7, 11) is 0. The van der Waals surface area contributed by atoms with E-state index in [4.69, 9.17) is 11.0 Å². The molecule has 1 aliphatic heterocycles. The van der Waals surface area contributed by atoms with E-state index in [0.717, 1.165) is 25.2 Å². The molecule has 2 aromatic rings. The molecule has 0 saturated carbocycles. The van der Waals surface area contributed by atoms with Crippen LogP contribution < -0.4 is 16.0 Å². The zero-order valence-corrected chi connectivity index (χ0v) is 14.2. The minimum Gasteiger partial charge on any atom is -0.369 e. The molecule has 1 aliphatic rings. The van der Waals surface area contributed by atoms with Gasteiger partial charge >= 0.3 is 0 Å². The second-order valence-corrected chi connectivity index (χ2v) is 6.24. The number of aromatic nitrogens is 1. The van der Waals surface area contributed by atoms with Crippen molar-refractivity contribution in [3.05, 3.63) is 53.7 Å².